The van der Waals surface area contributed by atoms with Gasteiger partial charge in [-0.05, 0) is 97.4 Å². The number of aromatic nitrogens is 3. The van der Waals surface area contributed by atoms with Gasteiger partial charge in [-0.2, -0.15) is 0 Å². The second kappa shape index (κ2) is 12.9. The van der Waals surface area contributed by atoms with Crippen molar-refractivity contribution in [2.75, 3.05) is 0 Å². The fraction of sp³-hybridized carbons (Fsp3) is 0. The molecule has 0 N–H and O–H groups in total. The van der Waals surface area contributed by atoms with Crippen LogP contribution in [0, 0.1) is 0 Å². The van der Waals surface area contributed by atoms with Gasteiger partial charge in [0.15, 0.2) is 5.82 Å². The van der Waals surface area contributed by atoms with Crippen molar-refractivity contribution in [3.63, 3.8) is 0 Å². The number of benzene rings is 10. The van der Waals surface area contributed by atoms with Crippen LogP contribution < -0.4 is 0 Å². The average molecular weight is 780 g/mol. The summed E-state index contributed by atoms with van der Waals surface area (Å²) in [5.41, 5.74) is 9.91. The molecule has 0 saturated heterocycles. The number of nitrogens with zero attached hydrogens (tertiary/aromatic N) is 3. The van der Waals surface area contributed by atoms with Crippen molar-refractivity contribution < 1.29 is 0 Å². The molecule has 10 aromatic carbocycles. The predicted octanol–water partition coefficient (Wildman–Crippen LogP) is 15.6. The number of hydrogen-bond donors (Lipinski definition) is 0. The minimum absolute atomic E-state index is 0.721. The predicted molar refractivity (Wildman–Crippen MR) is 256 cm³/mol. The summed E-state index contributed by atoms with van der Waals surface area (Å²) in [5, 5.41) is 13.4. The van der Waals surface area contributed by atoms with E-state index in [4.69, 9.17) is 9.97 Å². The molecule has 0 bridgehead atoms. The van der Waals surface area contributed by atoms with Crippen molar-refractivity contribution in [1.82, 2.24) is 14.5 Å². The van der Waals surface area contributed by atoms with E-state index in [2.05, 4.69) is 205 Å². The van der Waals surface area contributed by atoms with Gasteiger partial charge in [-0.25, -0.2) is 9.97 Å². The number of rotatable bonds is 4. The van der Waals surface area contributed by atoms with Crippen molar-refractivity contribution in [2.45, 2.75) is 0 Å². The summed E-state index contributed by atoms with van der Waals surface area (Å²) in [6, 6.07) is 72.7. The first kappa shape index (κ1) is 33.3. The van der Waals surface area contributed by atoms with Gasteiger partial charge in [0.25, 0.3) is 0 Å². The summed E-state index contributed by atoms with van der Waals surface area (Å²) in [6.07, 6.45) is 0. The van der Waals surface area contributed by atoms with Crippen molar-refractivity contribution >= 4 is 96.5 Å². The van der Waals surface area contributed by atoms with E-state index in [1.54, 1.807) is 11.3 Å². The largest absolute Gasteiger partial charge is 0.309 e. The van der Waals surface area contributed by atoms with Gasteiger partial charge in [0, 0.05) is 37.4 Å². The monoisotopic (exact) mass is 779 g/mol. The summed E-state index contributed by atoms with van der Waals surface area (Å²) < 4.78 is 4.77. The molecule has 60 heavy (non-hydrogen) atoms. The minimum Gasteiger partial charge on any atom is -0.309 e. The fourth-order valence-electron chi connectivity index (χ4n) is 9.51. The highest BCUT2D eigenvalue weighted by atomic mass is 32.1. The summed E-state index contributed by atoms with van der Waals surface area (Å²) >= 11 is 1.77. The van der Waals surface area contributed by atoms with Crippen LogP contribution in [0.1, 0.15) is 0 Å². The normalized spacial score (nSPS) is 12.0. The first-order valence-electron chi connectivity index (χ1n) is 20.4. The lowest BCUT2D eigenvalue weighted by molar-refractivity contribution is 1.20. The Labute approximate surface area is 349 Å². The Morgan fingerprint density at radius 1 is 0.383 bits per heavy atom. The van der Waals surface area contributed by atoms with E-state index in [1.165, 1.54) is 70.0 Å². The van der Waals surface area contributed by atoms with Gasteiger partial charge in [-0.1, -0.05) is 152 Å². The lowest BCUT2D eigenvalue weighted by Gasteiger charge is -2.15. The van der Waals surface area contributed by atoms with E-state index in [0.717, 1.165) is 54.7 Å². The molecule has 0 amide bonds. The maximum absolute atomic E-state index is 5.51. The Hall–Kier alpha value is -7.66. The first-order chi connectivity index (χ1) is 29.7. The number of thiophene rings is 1. The van der Waals surface area contributed by atoms with Crippen LogP contribution >= 0.6 is 11.3 Å². The molecule has 3 aromatic heterocycles. The Morgan fingerprint density at radius 3 is 1.87 bits per heavy atom. The van der Waals surface area contributed by atoms with Gasteiger partial charge >= 0.3 is 0 Å². The van der Waals surface area contributed by atoms with Crippen molar-refractivity contribution in [2.24, 2.45) is 0 Å². The van der Waals surface area contributed by atoms with Crippen LogP contribution in [0.5, 0.6) is 0 Å². The van der Waals surface area contributed by atoms with E-state index in [0.29, 0.717) is 0 Å². The van der Waals surface area contributed by atoms with E-state index < -0.39 is 0 Å². The van der Waals surface area contributed by atoms with Crippen molar-refractivity contribution in [3.05, 3.63) is 200 Å². The third-order valence-electron chi connectivity index (χ3n) is 12.3. The molecule has 13 rings (SSSR count). The van der Waals surface area contributed by atoms with Crippen LogP contribution in [0.15, 0.2) is 200 Å². The Balaban J connectivity index is 1.06. The van der Waals surface area contributed by atoms with Crippen molar-refractivity contribution in [1.29, 1.82) is 0 Å². The van der Waals surface area contributed by atoms with E-state index in [9.17, 15) is 0 Å². The smallest absolute Gasteiger partial charge is 0.161 e. The molecule has 0 atom stereocenters. The fourth-order valence-corrected chi connectivity index (χ4v) is 10.6. The molecule has 278 valence electrons. The van der Waals surface area contributed by atoms with Gasteiger partial charge in [0.1, 0.15) is 0 Å². The molecule has 0 radical (unpaired) electrons. The molecule has 0 aliphatic carbocycles. The van der Waals surface area contributed by atoms with E-state index in [1.807, 2.05) is 0 Å². The summed E-state index contributed by atoms with van der Waals surface area (Å²) in [7, 11) is 0. The summed E-state index contributed by atoms with van der Waals surface area (Å²) in [6.45, 7) is 0. The summed E-state index contributed by atoms with van der Waals surface area (Å²) in [4.78, 5) is 11.0. The second-order valence-electron chi connectivity index (χ2n) is 15.7. The molecule has 0 aliphatic rings. The van der Waals surface area contributed by atoms with Crippen molar-refractivity contribution in [3.8, 4) is 39.5 Å². The highest BCUT2D eigenvalue weighted by Crippen LogP contribution is 2.44. The quantitative estimate of drug-likeness (QED) is 0.178. The lowest BCUT2D eigenvalue weighted by Crippen LogP contribution is -1.98. The van der Waals surface area contributed by atoms with E-state index >= 15 is 0 Å². The van der Waals surface area contributed by atoms with Crippen LogP contribution in [0.2, 0.25) is 0 Å². The molecule has 0 saturated carbocycles. The van der Waals surface area contributed by atoms with Gasteiger partial charge in [0.05, 0.1) is 32.6 Å². The zero-order valence-corrected chi connectivity index (χ0v) is 33.1. The number of hydrogen-bond acceptors (Lipinski definition) is 3. The third kappa shape index (κ3) is 5.01. The topological polar surface area (TPSA) is 30.7 Å². The standard InChI is InChI=1S/C56H33N3S/c1-2-14-36(15-3-1)53-55-54(47-32-41(25-29-51(47)60-55)40-23-22-34-12-4-5-16-37(34)30-40)58-56(57-53)45-26-28-48(44-21-11-10-20-43(44)45)59-49-27-24-35-13-8-9-19-42(35)52(49)46-31-38-17-6-7-18-39(38)33-50(46)59/h1-33H. The van der Waals surface area contributed by atoms with Crippen LogP contribution in [0.3, 0.4) is 0 Å². The van der Waals surface area contributed by atoms with Crippen LogP contribution in [0.25, 0.3) is 125 Å². The third-order valence-corrected chi connectivity index (χ3v) is 13.5. The summed E-state index contributed by atoms with van der Waals surface area (Å²) in [5.74, 6) is 0.721. The highest BCUT2D eigenvalue weighted by Gasteiger charge is 2.22. The van der Waals surface area contributed by atoms with Crippen LogP contribution in [-0.2, 0) is 0 Å². The van der Waals surface area contributed by atoms with Gasteiger partial charge < -0.3 is 4.57 Å². The molecule has 3 nitrogen and oxygen atoms in total. The van der Waals surface area contributed by atoms with Crippen LogP contribution in [-0.4, -0.2) is 14.5 Å². The molecule has 0 unspecified atom stereocenters. The SMILES string of the molecule is c1ccc(-c2nc(-c3ccc(-n4c5cc6ccccc6cc5c5c6ccccc6ccc54)c4ccccc34)nc3c2sc2ccc(-c4ccc5ccccc5c4)cc23)cc1. The highest BCUT2D eigenvalue weighted by molar-refractivity contribution is 7.26. The average Bonchev–Trinajstić information content (AvgIpc) is 3.85. The Kier molecular flexibility index (Phi) is 7.18. The Bertz CT molecular complexity index is 3900. The maximum Gasteiger partial charge on any atom is 0.161 e. The van der Waals surface area contributed by atoms with Gasteiger partial charge in [0.2, 0.25) is 0 Å². The minimum atomic E-state index is 0.721. The molecule has 3 heterocycles. The zero-order chi connectivity index (χ0) is 39.3. The molecular weight excluding hydrogens is 747 g/mol. The Morgan fingerprint density at radius 2 is 1.03 bits per heavy atom. The van der Waals surface area contributed by atoms with E-state index in [-0.39, 0.29) is 0 Å². The molecule has 13 aromatic rings. The van der Waals surface area contributed by atoms with Gasteiger partial charge in [-0.3, -0.25) is 0 Å². The molecule has 0 spiro atoms. The zero-order valence-electron chi connectivity index (χ0n) is 32.3. The molecule has 4 heteroatoms. The lowest BCUT2D eigenvalue weighted by atomic mass is 9.99. The second-order valence-corrected chi connectivity index (χ2v) is 16.8. The first-order valence-corrected chi connectivity index (χ1v) is 21.2. The molecular formula is C56H33N3S. The number of fused-ring (bicyclic) bond motifs is 11. The molecule has 0 aliphatic heterocycles. The molecule has 0 fully saturated rings. The van der Waals surface area contributed by atoms with Crippen LogP contribution in [0.4, 0.5) is 0 Å². The maximum atomic E-state index is 5.51. The van der Waals surface area contributed by atoms with Gasteiger partial charge in [-0.15, -0.1) is 11.3 Å².